The molecule has 118 valence electrons. The Morgan fingerprint density at radius 3 is 2.57 bits per heavy atom. The Morgan fingerprint density at radius 2 is 2.00 bits per heavy atom. The lowest BCUT2D eigenvalue weighted by molar-refractivity contribution is 0.743. The van der Waals surface area contributed by atoms with Crippen LogP contribution in [0.4, 0.5) is 5.82 Å². The molecule has 0 spiro atoms. The first-order valence-corrected chi connectivity index (χ1v) is 7.81. The summed E-state index contributed by atoms with van der Waals surface area (Å²) in [6.45, 7) is 4.21. The maximum absolute atomic E-state index is 9.17. The molecule has 0 aromatic carbocycles. The molecule has 0 radical (unpaired) electrons. The molecule has 4 nitrogen and oxygen atoms in total. The average molecular weight is 347 g/mol. The minimum atomic E-state index is 0.103. The van der Waals surface area contributed by atoms with Crippen LogP contribution in [0.2, 0.25) is 10.3 Å². The Hall–Kier alpha value is -2.09. The highest BCUT2D eigenvalue weighted by Crippen LogP contribution is 2.23. The molecule has 0 bridgehead atoms. The molecule has 0 aliphatic rings. The molecular formula is C17H16Cl2N4. The van der Waals surface area contributed by atoms with Crippen LogP contribution in [0.5, 0.6) is 0 Å². The van der Waals surface area contributed by atoms with E-state index in [0.717, 1.165) is 11.4 Å². The van der Waals surface area contributed by atoms with Gasteiger partial charge >= 0.3 is 0 Å². The molecule has 6 heteroatoms. The van der Waals surface area contributed by atoms with Crippen LogP contribution in [0.15, 0.2) is 24.4 Å². The van der Waals surface area contributed by atoms with Gasteiger partial charge in [-0.15, -0.1) is 0 Å². The van der Waals surface area contributed by atoms with E-state index >= 15 is 0 Å². The molecule has 2 aromatic rings. The first-order valence-electron chi connectivity index (χ1n) is 7.05. The van der Waals surface area contributed by atoms with Gasteiger partial charge in [-0.1, -0.05) is 35.4 Å². The summed E-state index contributed by atoms with van der Waals surface area (Å²) in [5, 5.41) is 9.52. The summed E-state index contributed by atoms with van der Waals surface area (Å²) in [6.07, 6.45) is 5.41. The van der Waals surface area contributed by atoms with E-state index < -0.39 is 0 Å². The van der Waals surface area contributed by atoms with Crippen molar-refractivity contribution in [2.24, 2.45) is 0 Å². The van der Waals surface area contributed by atoms with Crippen molar-refractivity contribution in [3.05, 3.63) is 51.4 Å². The minimum absolute atomic E-state index is 0.103. The van der Waals surface area contributed by atoms with Crippen molar-refractivity contribution in [1.29, 1.82) is 5.26 Å². The average Bonchev–Trinajstić information content (AvgIpc) is 2.52. The summed E-state index contributed by atoms with van der Waals surface area (Å²) < 4.78 is 0. The van der Waals surface area contributed by atoms with Crippen molar-refractivity contribution < 1.29 is 0 Å². The second-order valence-corrected chi connectivity index (χ2v) is 6.04. The van der Waals surface area contributed by atoms with Crippen molar-refractivity contribution in [3.63, 3.8) is 0 Å². The van der Waals surface area contributed by atoms with Crippen LogP contribution in [0.25, 0.3) is 12.2 Å². The summed E-state index contributed by atoms with van der Waals surface area (Å²) in [5.74, 6) is 0.907. The van der Waals surface area contributed by atoms with E-state index in [9.17, 15) is 0 Å². The molecule has 2 heterocycles. The lowest BCUT2D eigenvalue weighted by Crippen LogP contribution is -2.26. The van der Waals surface area contributed by atoms with Crippen LogP contribution in [0.3, 0.4) is 0 Å². The maximum Gasteiger partial charge on any atom is 0.149 e. The number of anilines is 1. The molecule has 0 saturated carbocycles. The van der Waals surface area contributed by atoms with E-state index in [-0.39, 0.29) is 10.3 Å². The number of hydrogen-bond donors (Lipinski definition) is 0. The van der Waals surface area contributed by atoms with Gasteiger partial charge in [0.25, 0.3) is 0 Å². The van der Waals surface area contributed by atoms with E-state index in [4.69, 9.17) is 28.5 Å². The number of pyridine rings is 2. The van der Waals surface area contributed by atoms with E-state index in [2.05, 4.69) is 28.7 Å². The zero-order chi connectivity index (χ0) is 17.0. The Kier molecular flexibility index (Phi) is 5.59. The zero-order valence-corrected chi connectivity index (χ0v) is 14.6. The Bertz CT molecular complexity index is 761. The molecular weight excluding hydrogens is 331 g/mol. The highest BCUT2D eigenvalue weighted by Gasteiger charge is 2.08. The Balaban J connectivity index is 2.26. The summed E-state index contributed by atoms with van der Waals surface area (Å²) >= 11 is 11.8. The quantitative estimate of drug-likeness (QED) is 0.754. The van der Waals surface area contributed by atoms with Gasteiger partial charge < -0.3 is 4.90 Å². The number of nitriles is 1. The van der Waals surface area contributed by atoms with E-state index in [1.165, 1.54) is 0 Å². The second kappa shape index (κ2) is 7.45. The number of nitrogens with zero attached hydrogens (tertiary/aromatic N) is 4. The highest BCUT2D eigenvalue weighted by atomic mass is 35.5. The third-order valence-corrected chi connectivity index (χ3v) is 3.92. The highest BCUT2D eigenvalue weighted by molar-refractivity contribution is 6.33. The fourth-order valence-corrected chi connectivity index (χ4v) is 2.39. The molecule has 0 N–H and O–H groups in total. The van der Waals surface area contributed by atoms with E-state index in [0.29, 0.717) is 17.2 Å². The van der Waals surface area contributed by atoms with Gasteiger partial charge in [0.2, 0.25) is 0 Å². The zero-order valence-electron chi connectivity index (χ0n) is 13.1. The Labute approximate surface area is 146 Å². The van der Waals surface area contributed by atoms with Crippen molar-refractivity contribution in [3.8, 4) is 6.07 Å². The van der Waals surface area contributed by atoms with Gasteiger partial charge in [-0.25, -0.2) is 9.97 Å². The minimum Gasteiger partial charge on any atom is -0.357 e. The Morgan fingerprint density at radius 1 is 1.26 bits per heavy atom. The van der Waals surface area contributed by atoms with Gasteiger partial charge in [-0.05, 0) is 43.2 Å². The lowest BCUT2D eigenvalue weighted by atomic mass is 10.1. The van der Waals surface area contributed by atoms with Crippen molar-refractivity contribution in [2.45, 2.75) is 19.9 Å². The predicted octanol–water partition coefficient (Wildman–Crippen LogP) is 4.67. The first-order chi connectivity index (χ1) is 10.9. The van der Waals surface area contributed by atoms with Crippen LogP contribution < -0.4 is 4.90 Å². The molecule has 2 aromatic heterocycles. The van der Waals surface area contributed by atoms with Crippen molar-refractivity contribution in [1.82, 2.24) is 9.97 Å². The van der Waals surface area contributed by atoms with Gasteiger partial charge in [0, 0.05) is 19.3 Å². The van der Waals surface area contributed by atoms with Gasteiger partial charge in [-0.2, -0.15) is 5.26 Å². The monoisotopic (exact) mass is 346 g/mol. The maximum atomic E-state index is 9.17. The molecule has 0 aliphatic heterocycles. The summed E-state index contributed by atoms with van der Waals surface area (Å²) in [7, 11) is 2.00. The largest absolute Gasteiger partial charge is 0.357 e. The molecule has 23 heavy (non-hydrogen) atoms. The number of hydrogen-bond acceptors (Lipinski definition) is 4. The predicted molar refractivity (Wildman–Crippen MR) is 95.7 cm³/mol. The molecule has 0 aliphatic carbocycles. The molecule has 2 rings (SSSR count). The molecule has 0 saturated heterocycles. The first kappa shape index (κ1) is 17.3. The molecule has 0 atom stereocenters. The van der Waals surface area contributed by atoms with Crippen LogP contribution in [-0.4, -0.2) is 23.1 Å². The van der Waals surface area contributed by atoms with Crippen LogP contribution in [-0.2, 0) is 0 Å². The summed E-state index contributed by atoms with van der Waals surface area (Å²) in [6, 6.07) is 7.95. The van der Waals surface area contributed by atoms with Crippen LogP contribution in [0, 0.1) is 11.3 Å². The van der Waals surface area contributed by atoms with Gasteiger partial charge in [0.15, 0.2) is 0 Å². The fourth-order valence-electron chi connectivity index (χ4n) is 1.90. The smallest absolute Gasteiger partial charge is 0.149 e. The van der Waals surface area contributed by atoms with Gasteiger partial charge in [0.05, 0.1) is 5.56 Å². The number of rotatable bonds is 4. The second-order valence-electron chi connectivity index (χ2n) is 5.30. The summed E-state index contributed by atoms with van der Waals surface area (Å²) in [5.41, 5.74) is 1.84. The molecule has 0 fully saturated rings. The topological polar surface area (TPSA) is 52.8 Å². The van der Waals surface area contributed by atoms with Crippen molar-refractivity contribution >= 4 is 41.2 Å². The van der Waals surface area contributed by atoms with Crippen LogP contribution >= 0.6 is 23.2 Å². The lowest BCUT2D eigenvalue weighted by Gasteiger charge is -2.22. The number of halogens is 2. The standard InChI is InChI=1S/C17H16Cl2N4/c1-11(2)23(3)16-7-5-12(10-21-16)4-6-13-8-15(18)22-17(19)14(13)9-20/h4-8,10-11H,1-3H3. The number of aromatic nitrogens is 2. The van der Waals surface area contributed by atoms with Gasteiger partial charge in [-0.3, -0.25) is 0 Å². The molecule has 0 unspecified atom stereocenters. The van der Waals surface area contributed by atoms with Gasteiger partial charge in [0.1, 0.15) is 22.2 Å². The fraction of sp³-hybridized carbons (Fsp3) is 0.235. The normalized spacial score (nSPS) is 11.0. The van der Waals surface area contributed by atoms with E-state index in [1.54, 1.807) is 18.3 Å². The molecule has 0 amide bonds. The van der Waals surface area contributed by atoms with Crippen LogP contribution in [0.1, 0.15) is 30.5 Å². The third kappa shape index (κ3) is 4.22. The van der Waals surface area contributed by atoms with Crippen molar-refractivity contribution in [2.75, 3.05) is 11.9 Å². The van der Waals surface area contributed by atoms with E-state index in [1.807, 2.05) is 31.3 Å². The summed E-state index contributed by atoms with van der Waals surface area (Å²) in [4.78, 5) is 10.4. The third-order valence-electron chi connectivity index (χ3n) is 3.45. The SMILES string of the molecule is CC(C)N(C)c1ccc(C=Cc2cc(Cl)nc(Cl)c2C#N)cn1.